The van der Waals surface area contributed by atoms with Crippen molar-refractivity contribution in [2.45, 2.75) is 12.5 Å². The molecule has 1 saturated heterocycles. The predicted molar refractivity (Wildman–Crippen MR) is 134 cm³/mol. The van der Waals surface area contributed by atoms with Gasteiger partial charge in [-0.2, -0.15) is 0 Å². The number of amides is 1. The fraction of sp³-hybridized carbons (Fsp3) is 0.357. The van der Waals surface area contributed by atoms with E-state index in [1.807, 2.05) is 41.6 Å². The number of para-hydroxylation sites is 1. The molecule has 5 rings (SSSR count). The first-order valence-electron chi connectivity index (χ1n) is 12.1. The van der Waals surface area contributed by atoms with Gasteiger partial charge >= 0.3 is 0 Å². The van der Waals surface area contributed by atoms with Crippen molar-refractivity contribution in [1.82, 2.24) is 19.7 Å². The standard InChI is InChI=1S/C28H32N4O2/c1-30(2)14-7-19-34-26-11-6-5-10-24(26)28(33)32-17-15-31(16-18-32)27-22-9-4-3-8-21(22)25-20-29-13-12-23(25)27/h3-6,8-13,20,27H,7,14-19H2,1-2H3. The topological polar surface area (TPSA) is 48.9 Å². The third-order valence-corrected chi connectivity index (χ3v) is 6.79. The van der Waals surface area contributed by atoms with Crippen LogP contribution in [0.3, 0.4) is 0 Å². The van der Waals surface area contributed by atoms with Crippen molar-refractivity contribution in [2.75, 3.05) is 53.4 Å². The van der Waals surface area contributed by atoms with Gasteiger partial charge in [-0.15, -0.1) is 0 Å². The van der Waals surface area contributed by atoms with Crippen LogP contribution >= 0.6 is 0 Å². The van der Waals surface area contributed by atoms with Gasteiger partial charge in [0.2, 0.25) is 0 Å². The van der Waals surface area contributed by atoms with Crippen LogP contribution in [0.2, 0.25) is 0 Å². The van der Waals surface area contributed by atoms with Crippen molar-refractivity contribution in [3.63, 3.8) is 0 Å². The fourth-order valence-electron chi connectivity index (χ4n) is 5.10. The number of rotatable bonds is 7. The molecule has 1 amide bonds. The van der Waals surface area contributed by atoms with Crippen molar-refractivity contribution in [2.24, 2.45) is 0 Å². The average Bonchev–Trinajstić information content (AvgIpc) is 3.21. The lowest BCUT2D eigenvalue weighted by Gasteiger charge is -2.38. The van der Waals surface area contributed by atoms with Crippen LogP contribution in [-0.2, 0) is 0 Å². The van der Waals surface area contributed by atoms with Crippen LogP contribution in [0.4, 0.5) is 0 Å². The van der Waals surface area contributed by atoms with Crippen molar-refractivity contribution >= 4 is 5.91 Å². The van der Waals surface area contributed by atoms with E-state index in [9.17, 15) is 4.79 Å². The molecule has 0 saturated carbocycles. The average molecular weight is 457 g/mol. The van der Waals surface area contributed by atoms with Gasteiger partial charge in [0.05, 0.1) is 18.2 Å². The lowest BCUT2D eigenvalue weighted by Crippen LogP contribution is -2.49. The lowest BCUT2D eigenvalue weighted by molar-refractivity contribution is 0.0596. The zero-order chi connectivity index (χ0) is 23.5. The Bertz CT molecular complexity index is 1110. The number of carbonyl (C=O) groups is 1. The molecule has 0 N–H and O–H groups in total. The summed E-state index contributed by atoms with van der Waals surface area (Å²) in [4.78, 5) is 24.4. The van der Waals surface area contributed by atoms with E-state index in [0.717, 1.165) is 26.1 Å². The van der Waals surface area contributed by atoms with Gasteiger partial charge in [0.1, 0.15) is 5.75 Å². The Kier molecular flexibility index (Phi) is 6.61. The molecule has 0 radical (unpaired) electrons. The molecule has 176 valence electrons. The first-order valence-corrected chi connectivity index (χ1v) is 12.1. The van der Waals surface area contributed by atoms with Gasteiger partial charge in [-0.25, -0.2) is 0 Å². The Morgan fingerprint density at radius 1 is 0.971 bits per heavy atom. The van der Waals surface area contributed by atoms with Crippen LogP contribution < -0.4 is 4.74 Å². The summed E-state index contributed by atoms with van der Waals surface area (Å²) < 4.78 is 5.99. The fourth-order valence-corrected chi connectivity index (χ4v) is 5.10. The summed E-state index contributed by atoms with van der Waals surface area (Å²) in [7, 11) is 4.10. The van der Waals surface area contributed by atoms with Crippen LogP contribution in [-0.4, -0.2) is 79.0 Å². The predicted octanol–water partition coefficient (Wildman–Crippen LogP) is 3.94. The first kappa shape index (κ1) is 22.6. The highest BCUT2D eigenvalue weighted by molar-refractivity contribution is 5.97. The molecule has 3 aromatic rings. The number of aromatic nitrogens is 1. The largest absolute Gasteiger partial charge is 0.493 e. The maximum absolute atomic E-state index is 13.4. The van der Waals surface area contributed by atoms with Crippen molar-refractivity contribution in [1.29, 1.82) is 0 Å². The molecule has 34 heavy (non-hydrogen) atoms. The van der Waals surface area contributed by atoms with E-state index in [4.69, 9.17) is 4.74 Å². The van der Waals surface area contributed by atoms with E-state index in [0.29, 0.717) is 31.0 Å². The first-order chi connectivity index (χ1) is 16.6. The third kappa shape index (κ3) is 4.43. The van der Waals surface area contributed by atoms with E-state index in [1.165, 1.54) is 22.3 Å². The number of pyridine rings is 1. The van der Waals surface area contributed by atoms with Crippen molar-refractivity contribution < 1.29 is 9.53 Å². The number of carbonyl (C=O) groups excluding carboxylic acids is 1. The van der Waals surface area contributed by atoms with Gasteiger partial charge in [-0.05, 0) is 55.4 Å². The Hall–Kier alpha value is -3.22. The summed E-state index contributed by atoms with van der Waals surface area (Å²) >= 11 is 0. The summed E-state index contributed by atoms with van der Waals surface area (Å²) in [6, 6.07) is 18.6. The lowest BCUT2D eigenvalue weighted by atomic mass is 10.0. The van der Waals surface area contributed by atoms with Crippen LogP contribution in [0.15, 0.2) is 67.0 Å². The summed E-state index contributed by atoms with van der Waals surface area (Å²) in [6.07, 6.45) is 4.78. The molecular weight excluding hydrogens is 424 g/mol. The minimum Gasteiger partial charge on any atom is -0.493 e. The van der Waals surface area contributed by atoms with E-state index >= 15 is 0 Å². The highest BCUT2D eigenvalue weighted by atomic mass is 16.5. The smallest absolute Gasteiger partial charge is 0.257 e. The number of fused-ring (bicyclic) bond motifs is 3. The van der Waals surface area contributed by atoms with E-state index < -0.39 is 0 Å². The molecule has 0 spiro atoms. The van der Waals surface area contributed by atoms with E-state index in [1.54, 1.807) is 0 Å². The monoisotopic (exact) mass is 456 g/mol. The Balaban J connectivity index is 1.27. The minimum atomic E-state index is 0.0549. The Morgan fingerprint density at radius 2 is 1.71 bits per heavy atom. The summed E-state index contributed by atoms with van der Waals surface area (Å²) in [6.45, 7) is 4.63. The second kappa shape index (κ2) is 9.95. The normalized spacial score (nSPS) is 17.5. The number of ether oxygens (including phenoxy) is 1. The molecule has 2 heterocycles. The molecule has 0 bridgehead atoms. The van der Waals surface area contributed by atoms with Crippen LogP contribution in [0, 0.1) is 0 Å². The Morgan fingerprint density at radius 3 is 2.53 bits per heavy atom. The molecule has 6 nitrogen and oxygen atoms in total. The second-order valence-corrected chi connectivity index (χ2v) is 9.28. The third-order valence-electron chi connectivity index (χ3n) is 6.79. The van der Waals surface area contributed by atoms with E-state index in [-0.39, 0.29) is 11.9 Å². The van der Waals surface area contributed by atoms with Gasteiger partial charge in [-0.1, -0.05) is 36.4 Å². The summed E-state index contributed by atoms with van der Waals surface area (Å²) in [5.41, 5.74) is 5.80. The highest BCUT2D eigenvalue weighted by Crippen LogP contribution is 2.46. The summed E-state index contributed by atoms with van der Waals surface area (Å²) in [5, 5.41) is 0. The van der Waals surface area contributed by atoms with Gasteiger partial charge in [-0.3, -0.25) is 14.7 Å². The second-order valence-electron chi connectivity index (χ2n) is 9.28. The van der Waals surface area contributed by atoms with Crippen molar-refractivity contribution in [3.8, 4) is 16.9 Å². The maximum Gasteiger partial charge on any atom is 0.257 e. The van der Waals surface area contributed by atoms with E-state index in [2.05, 4.69) is 59.2 Å². The highest BCUT2D eigenvalue weighted by Gasteiger charge is 2.35. The summed E-state index contributed by atoms with van der Waals surface area (Å²) in [5.74, 6) is 0.735. The number of hydrogen-bond donors (Lipinski definition) is 0. The SMILES string of the molecule is CN(C)CCCOc1ccccc1C(=O)N1CCN(C2c3ccccc3-c3cnccc32)CC1. The van der Waals surface area contributed by atoms with Crippen LogP contribution in [0.5, 0.6) is 5.75 Å². The maximum atomic E-state index is 13.4. The molecule has 1 atom stereocenters. The van der Waals surface area contributed by atoms with Gasteiger partial charge in [0.25, 0.3) is 5.91 Å². The molecule has 1 aromatic heterocycles. The van der Waals surface area contributed by atoms with Crippen LogP contribution in [0.1, 0.15) is 33.9 Å². The molecule has 1 aliphatic carbocycles. The molecule has 1 aliphatic heterocycles. The minimum absolute atomic E-state index is 0.0549. The quantitative estimate of drug-likeness (QED) is 0.504. The van der Waals surface area contributed by atoms with Gasteiger partial charge in [0, 0.05) is 50.7 Å². The number of nitrogens with zero attached hydrogens (tertiary/aromatic N) is 4. The number of hydrogen-bond acceptors (Lipinski definition) is 5. The molecule has 1 unspecified atom stereocenters. The van der Waals surface area contributed by atoms with Gasteiger partial charge < -0.3 is 14.5 Å². The Labute approximate surface area is 201 Å². The van der Waals surface area contributed by atoms with Crippen LogP contribution in [0.25, 0.3) is 11.1 Å². The zero-order valence-electron chi connectivity index (χ0n) is 20.0. The zero-order valence-corrected chi connectivity index (χ0v) is 20.0. The molecule has 2 aromatic carbocycles. The molecule has 1 fully saturated rings. The molecule has 2 aliphatic rings. The number of piperazine rings is 1. The molecule has 6 heteroatoms. The van der Waals surface area contributed by atoms with Gasteiger partial charge in [0.15, 0.2) is 0 Å². The molecular formula is C28H32N4O2. The van der Waals surface area contributed by atoms with Crippen molar-refractivity contribution in [3.05, 3.63) is 83.7 Å². The number of benzene rings is 2.